The third-order valence-corrected chi connectivity index (χ3v) is 4.46. The van der Waals surface area contributed by atoms with Crippen LogP contribution in [0.15, 0.2) is 22.6 Å². The number of anilines is 2. The molecule has 2 N–H and O–H groups in total. The number of nitrogens with zero attached hydrogens (tertiary/aromatic N) is 3. The van der Waals surface area contributed by atoms with Crippen LogP contribution in [0.25, 0.3) is 10.8 Å². The molecule has 0 unspecified atom stereocenters. The van der Waals surface area contributed by atoms with Gasteiger partial charge in [0.25, 0.3) is 5.89 Å². The number of urea groups is 1. The van der Waals surface area contributed by atoms with Gasteiger partial charge in [-0.1, -0.05) is 11.2 Å². The number of thiazole rings is 1. The number of carbonyl (C=O) groups excluding carboxylic acids is 1. The van der Waals surface area contributed by atoms with Crippen LogP contribution in [-0.4, -0.2) is 35.4 Å². The van der Waals surface area contributed by atoms with Crippen molar-refractivity contribution in [1.82, 2.24) is 15.2 Å². The van der Waals surface area contributed by atoms with Gasteiger partial charge < -0.3 is 19.2 Å². The number of hydrogen-bond acceptors (Lipinski definition) is 8. The van der Waals surface area contributed by atoms with Gasteiger partial charge in [0.05, 0.1) is 30.6 Å². The molecule has 136 valence electrons. The summed E-state index contributed by atoms with van der Waals surface area (Å²) in [5.41, 5.74) is 1.24. The van der Waals surface area contributed by atoms with Crippen molar-refractivity contribution >= 4 is 29.1 Å². The van der Waals surface area contributed by atoms with E-state index in [1.54, 1.807) is 18.2 Å². The summed E-state index contributed by atoms with van der Waals surface area (Å²) in [6.45, 7) is 3.75. The Morgan fingerprint density at radius 3 is 2.62 bits per heavy atom. The lowest BCUT2D eigenvalue weighted by Gasteiger charge is -2.12. The molecular formula is C16H17N5O4S. The smallest absolute Gasteiger partial charge is 0.327 e. The van der Waals surface area contributed by atoms with E-state index in [1.165, 1.54) is 25.6 Å². The maximum absolute atomic E-state index is 12.2. The topological polar surface area (TPSA) is 111 Å². The quantitative estimate of drug-likeness (QED) is 0.702. The minimum absolute atomic E-state index is 0.0233. The highest BCUT2D eigenvalue weighted by atomic mass is 32.1. The monoisotopic (exact) mass is 375 g/mol. The number of nitrogens with one attached hydrogen (secondary N) is 2. The molecule has 2 aromatic heterocycles. The molecule has 3 aromatic rings. The van der Waals surface area contributed by atoms with Gasteiger partial charge in [-0.3, -0.25) is 5.32 Å². The summed E-state index contributed by atoms with van der Waals surface area (Å²) in [5.74, 6) is 1.22. The molecule has 26 heavy (non-hydrogen) atoms. The second kappa shape index (κ2) is 7.40. The van der Waals surface area contributed by atoms with E-state index in [0.717, 1.165) is 15.6 Å². The van der Waals surface area contributed by atoms with Gasteiger partial charge in [0.2, 0.25) is 0 Å². The van der Waals surface area contributed by atoms with Crippen LogP contribution in [-0.2, 0) is 0 Å². The third-order valence-electron chi connectivity index (χ3n) is 3.39. The normalized spacial score (nSPS) is 10.5. The van der Waals surface area contributed by atoms with Crippen LogP contribution in [0.3, 0.4) is 0 Å². The molecule has 2 heterocycles. The first-order valence-corrected chi connectivity index (χ1v) is 8.40. The van der Waals surface area contributed by atoms with Gasteiger partial charge in [-0.25, -0.2) is 9.78 Å². The Kier molecular flexibility index (Phi) is 5.03. The Hall–Kier alpha value is -3.14. The van der Waals surface area contributed by atoms with Crippen LogP contribution in [0.4, 0.5) is 16.5 Å². The van der Waals surface area contributed by atoms with Crippen molar-refractivity contribution in [2.45, 2.75) is 13.8 Å². The predicted octanol–water partition coefficient (Wildman–Crippen LogP) is 3.47. The van der Waals surface area contributed by atoms with Crippen molar-refractivity contribution in [3.8, 4) is 22.3 Å². The van der Waals surface area contributed by atoms with E-state index >= 15 is 0 Å². The number of aromatic nitrogens is 3. The number of para-hydroxylation sites is 1. The number of aryl methyl sites for hydroxylation is 2. The molecule has 0 radical (unpaired) electrons. The molecule has 1 aromatic carbocycles. The van der Waals surface area contributed by atoms with Gasteiger partial charge >= 0.3 is 12.0 Å². The molecule has 0 aliphatic carbocycles. The van der Waals surface area contributed by atoms with Crippen molar-refractivity contribution in [3.63, 3.8) is 0 Å². The zero-order chi connectivity index (χ0) is 18.7. The van der Waals surface area contributed by atoms with Gasteiger partial charge in [-0.2, -0.15) is 0 Å². The lowest BCUT2D eigenvalue weighted by Crippen LogP contribution is -2.20. The van der Waals surface area contributed by atoms with E-state index in [0.29, 0.717) is 23.1 Å². The average molecular weight is 375 g/mol. The largest absolute Gasteiger partial charge is 0.493 e. The molecule has 0 aliphatic rings. The van der Waals surface area contributed by atoms with Gasteiger partial charge in [0, 0.05) is 0 Å². The first-order chi connectivity index (χ1) is 12.5. The molecule has 0 fully saturated rings. The number of benzene rings is 1. The van der Waals surface area contributed by atoms with Gasteiger partial charge in [0.1, 0.15) is 4.88 Å². The van der Waals surface area contributed by atoms with E-state index < -0.39 is 6.03 Å². The number of rotatable bonds is 5. The zero-order valence-corrected chi connectivity index (χ0v) is 15.4. The summed E-state index contributed by atoms with van der Waals surface area (Å²) in [6.07, 6.45) is 0. The summed E-state index contributed by atoms with van der Waals surface area (Å²) >= 11 is 1.45. The molecule has 0 aliphatic heterocycles. The second-order valence-corrected chi connectivity index (χ2v) is 6.38. The molecule has 3 rings (SSSR count). The van der Waals surface area contributed by atoms with Crippen molar-refractivity contribution in [3.05, 3.63) is 28.9 Å². The highest BCUT2D eigenvalue weighted by Gasteiger charge is 2.17. The summed E-state index contributed by atoms with van der Waals surface area (Å²) in [5, 5.41) is 13.8. The Bertz CT molecular complexity index is 937. The van der Waals surface area contributed by atoms with E-state index in [-0.39, 0.29) is 6.01 Å². The first-order valence-electron chi connectivity index (χ1n) is 7.58. The molecule has 2 amide bonds. The first kappa shape index (κ1) is 17.7. The molecule has 0 bridgehead atoms. The molecule has 9 nitrogen and oxygen atoms in total. The van der Waals surface area contributed by atoms with Crippen LogP contribution in [0.1, 0.15) is 10.7 Å². The summed E-state index contributed by atoms with van der Waals surface area (Å²) in [7, 11) is 3.01. The van der Waals surface area contributed by atoms with Crippen molar-refractivity contribution in [2.75, 3.05) is 24.9 Å². The lowest BCUT2D eigenvalue weighted by molar-refractivity contribution is 0.261. The second-order valence-electron chi connectivity index (χ2n) is 5.18. The zero-order valence-electron chi connectivity index (χ0n) is 14.6. The van der Waals surface area contributed by atoms with Crippen molar-refractivity contribution in [1.29, 1.82) is 0 Å². The average Bonchev–Trinajstić information content (AvgIpc) is 3.20. The minimum atomic E-state index is -0.552. The number of hydrogen-bond donors (Lipinski definition) is 2. The molecule has 10 heteroatoms. The third kappa shape index (κ3) is 3.59. The van der Waals surface area contributed by atoms with Gasteiger partial charge in [-0.05, 0) is 26.0 Å². The summed E-state index contributed by atoms with van der Waals surface area (Å²) in [4.78, 5) is 17.3. The maximum Gasteiger partial charge on any atom is 0.327 e. The number of ether oxygens (including phenoxy) is 2. The molecule has 0 saturated heterocycles. The minimum Gasteiger partial charge on any atom is -0.493 e. The standard InChI is InChI=1S/C16H17N5O4S/c1-8-13(26-9(2)17-8)14-20-21-16(25-14)19-15(22)18-10-6-5-7-11(23-3)12(10)24-4/h5-7H,1-4H3,(H2,18,19,21,22). The fourth-order valence-electron chi connectivity index (χ4n) is 2.33. The SMILES string of the molecule is COc1cccc(NC(=O)Nc2nnc(-c3sc(C)nc3C)o2)c1OC. The van der Waals surface area contributed by atoms with Gasteiger partial charge in [0.15, 0.2) is 11.5 Å². The highest BCUT2D eigenvalue weighted by molar-refractivity contribution is 7.15. The van der Waals surface area contributed by atoms with Crippen LogP contribution in [0, 0.1) is 13.8 Å². The van der Waals surface area contributed by atoms with E-state index in [4.69, 9.17) is 13.9 Å². The molecule has 0 spiro atoms. The number of methoxy groups -OCH3 is 2. The Morgan fingerprint density at radius 1 is 1.15 bits per heavy atom. The number of amides is 2. The van der Waals surface area contributed by atoms with Crippen molar-refractivity contribution < 1.29 is 18.7 Å². The van der Waals surface area contributed by atoms with E-state index in [2.05, 4.69) is 25.8 Å². The fourth-order valence-corrected chi connectivity index (χ4v) is 3.17. The maximum atomic E-state index is 12.2. The van der Waals surface area contributed by atoms with E-state index in [1.807, 2.05) is 13.8 Å². The van der Waals surface area contributed by atoms with E-state index in [9.17, 15) is 4.79 Å². The Morgan fingerprint density at radius 2 is 1.96 bits per heavy atom. The number of carbonyl (C=O) groups is 1. The van der Waals surface area contributed by atoms with Crippen LogP contribution in [0.2, 0.25) is 0 Å². The molecule has 0 saturated carbocycles. The summed E-state index contributed by atoms with van der Waals surface area (Å²) in [6, 6.07) is 4.57. The van der Waals surface area contributed by atoms with Crippen LogP contribution in [0.5, 0.6) is 11.5 Å². The summed E-state index contributed by atoms with van der Waals surface area (Å²) < 4.78 is 16.0. The molecule has 0 atom stereocenters. The molecular weight excluding hydrogens is 358 g/mol. The Labute approximate surface area is 153 Å². The fraction of sp³-hybridized carbons (Fsp3) is 0.250. The van der Waals surface area contributed by atoms with Crippen LogP contribution >= 0.6 is 11.3 Å². The highest BCUT2D eigenvalue weighted by Crippen LogP contribution is 2.35. The predicted molar refractivity (Wildman–Crippen MR) is 97.1 cm³/mol. The van der Waals surface area contributed by atoms with Crippen LogP contribution < -0.4 is 20.1 Å². The van der Waals surface area contributed by atoms with Gasteiger partial charge in [-0.15, -0.1) is 16.4 Å². The lowest BCUT2D eigenvalue weighted by atomic mass is 10.2. The Balaban J connectivity index is 1.73. The van der Waals surface area contributed by atoms with Crippen molar-refractivity contribution in [2.24, 2.45) is 0 Å².